The molecule has 2 fully saturated rings. The summed E-state index contributed by atoms with van der Waals surface area (Å²) in [5.74, 6) is 2.46. The molecule has 1 aliphatic heterocycles. The van der Waals surface area contributed by atoms with Gasteiger partial charge >= 0.3 is 0 Å². The Morgan fingerprint density at radius 1 is 1.08 bits per heavy atom. The summed E-state index contributed by atoms with van der Waals surface area (Å²) in [5, 5.41) is 4.61. The molecule has 0 spiro atoms. The molecule has 4 nitrogen and oxygen atoms in total. The van der Waals surface area contributed by atoms with Gasteiger partial charge in [0.05, 0.1) is 12.2 Å². The highest BCUT2D eigenvalue weighted by molar-refractivity contribution is 5.52. The van der Waals surface area contributed by atoms with Gasteiger partial charge in [-0.1, -0.05) is 33.6 Å². The van der Waals surface area contributed by atoms with E-state index in [1.165, 1.54) is 63.7 Å². The molecule has 1 saturated carbocycles. The van der Waals surface area contributed by atoms with Crippen LogP contribution in [0.2, 0.25) is 0 Å². The van der Waals surface area contributed by atoms with E-state index in [0.717, 1.165) is 24.5 Å². The predicted molar refractivity (Wildman–Crippen MR) is 106 cm³/mol. The second-order valence-corrected chi connectivity index (χ2v) is 9.18. The fourth-order valence-electron chi connectivity index (χ4n) is 4.81. The third-order valence-electron chi connectivity index (χ3n) is 6.64. The molecule has 0 aromatic carbocycles. The summed E-state index contributed by atoms with van der Waals surface area (Å²) in [6.07, 6.45) is 14.3. The zero-order chi connectivity index (χ0) is 18.5. The van der Waals surface area contributed by atoms with E-state index in [4.69, 9.17) is 0 Å². The average molecular weight is 360 g/mol. The first-order valence-corrected chi connectivity index (χ1v) is 10.8. The summed E-state index contributed by atoms with van der Waals surface area (Å²) in [7, 11) is 0. The van der Waals surface area contributed by atoms with Crippen LogP contribution in [0, 0.1) is 17.8 Å². The number of likely N-dealkylation sites (tertiary alicyclic amines) is 1. The van der Waals surface area contributed by atoms with E-state index in [0.29, 0.717) is 12.0 Å². The zero-order valence-electron chi connectivity index (χ0n) is 16.9. The van der Waals surface area contributed by atoms with Gasteiger partial charge in [-0.3, -0.25) is 4.68 Å². The molecule has 2 aliphatic rings. The average Bonchev–Trinajstić information content (AvgIpc) is 3.14. The van der Waals surface area contributed by atoms with Crippen LogP contribution in [-0.2, 0) is 4.79 Å². The van der Waals surface area contributed by atoms with Crippen molar-refractivity contribution in [2.45, 2.75) is 77.7 Å². The first-order chi connectivity index (χ1) is 12.5. The quantitative estimate of drug-likeness (QED) is 0.664. The molecule has 0 radical (unpaired) electrons. The Morgan fingerprint density at radius 3 is 2.31 bits per heavy atom. The van der Waals surface area contributed by atoms with Crippen molar-refractivity contribution in [2.24, 2.45) is 17.8 Å². The van der Waals surface area contributed by atoms with Crippen molar-refractivity contribution in [3.8, 4) is 0 Å². The minimum Gasteiger partial charge on any atom is -0.303 e. The Bertz CT molecular complexity index is 551. The smallest absolute Gasteiger partial charge is 0.122 e. The SMILES string of the molecule is CC(C=O)CC1CCC(CN2CCC(n3cc(C(C)C)cn3)CC2)CC1. The van der Waals surface area contributed by atoms with E-state index in [2.05, 4.69) is 41.6 Å². The summed E-state index contributed by atoms with van der Waals surface area (Å²) < 4.78 is 2.21. The van der Waals surface area contributed by atoms with Crippen molar-refractivity contribution in [2.75, 3.05) is 19.6 Å². The minimum absolute atomic E-state index is 0.245. The molecule has 1 aromatic rings. The lowest BCUT2D eigenvalue weighted by Crippen LogP contribution is -2.38. The first-order valence-electron chi connectivity index (χ1n) is 10.8. The van der Waals surface area contributed by atoms with Gasteiger partial charge in [-0.2, -0.15) is 5.10 Å². The van der Waals surface area contributed by atoms with E-state index in [9.17, 15) is 4.79 Å². The molecule has 146 valence electrons. The monoisotopic (exact) mass is 359 g/mol. The van der Waals surface area contributed by atoms with Crippen LogP contribution in [-0.4, -0.2) is 40.6 Å². The maximum absolute atomic E-state index is 10.9. The normalized spacial score (nSPS) is 26.9. The summed E-state index contributed by atoms with van der Waals surface area (Å²) in [5.41, 5.74) is 1.35. The molecule has 2 heterocycles. The molecule has 0 bridgehead atoms. The van der Waals surface area contributed by atoms with Gasteiger partial charge in [0.25, 0.3) is 0 Å². The van der Waals surface area contributed by atoms with Crippen LogP contribution >= 0.6 is 0 Å². The van der Waals surface area contributed by atoms with Crippen molar-refractivity contribution >= 4 is 6.29 Å². The summed E-state index contributed by atoms with van der Waals surface area (Å²) in [6.45, 7) is 10.2. The summed E-state index contributed by atoms with van der Waals surface area (Å²) >= 11 is 0. The third kappa shape index (κ3) is 5.18. The molecule has 26 heavy (non-hydrogen) atoms. The Hall–Kier alpha value is -1.16. The third-order valence-corrected chi connectivity index (χ3v) is 6.64. The molecule has 3 rings (SSSR count). The lowest BCUT2D eigenvalue weighted by atomic mass is 9.78. The number of nitrogens with zero attached hydrogens (tertiary/aromatic N) is 3. The molecular formula is C22H37N3O. The molecule has 1 atom stereocenters. The van der Waals surface area contributed by atoms with E-state index in [1.54, 1.807) is 0 Å². The topological polar surface area (TPSA) is 38.1 Å². The second-order valence-electron chi connectivity index (χ2n) is 9.18. The van der Waals surface area contributed by atoms with Gasteiger partial charge < -0.3 is 9.69 Å². The number of aromatic nitrogens is 2. The number of hydrogen-bond acceptors (Lipinski definition) is 3. The number of carbonyl (C=O) groups excluding carboxylic acids is 1. The summed E-state index contributed by atoms with van der Waals surface area (Å²) in [6, 6.07) is 0.583. The molecule has 1 saturated heterocycles. The van der Waals surface area contributed by atoms with Gasteiger partial charge in [0.1, 0.15) is 6.29 Å². The van der Waals surface area contributed by atoms with Gasteiger partial charge in [-0.25, -0.2) is 0 Å². The molecule has 0 N–H and O–H groups in total. The number of aldehydes is 1. The Kier molecular flexibility index (Phi) is 6.91. The van der Waals surface area contributed by atoms with Gasteiger partial charge in [-0.05, 0) is 55.4 Å². The van der Waals surface area contributed by atoms with Gasteiger partial charge in [-0.15, -0.1) is 0 Å². The number of carbonyl (C=O) groups is 1. The van der Waals surface area contributed by atoms with Gasteiger partial charge in [0.15, 0.2) is 0 Å². The molecule has 1 aromatic heterocycles. The highest BCUT2D eigenvalue weighted by Gasteiger charge is 2.27. The second kappa shape index (κ2) is 9.16. The Labute approximate surface area is 159 Å². The number of piperidine rings is 1. The lowest BCUT2D eigenvalue weighted by molar-refractivity contribution is -0.111. The zero-order valence-corrected chi connectivity index (χ0v) is 16.9. The lowest BCUT2D eigenvalue weighted by Gasteiger charge is -2.37. The van der Waals surface area contributed by atoms with E-state index in [1.807, 2.05) is 6.20 Å². The number of hydrogen-bond donors (Lipinski definition) is 0. The van der Waals surface area contributed by atoms with Crippen LogP contribution in [0.15, 0.2) is 12.4 Å². The van der Waals surface area contributed by atoms with E-state index >= 15 is 0 Å². The van der Waals surface area contributed by atoms with Gasteiger partial charge in [0, 0.05) is 31.7 Å². The fraction of sp³-hybridized carbons (Fsp3) is 0.818. The summed E-state index contributed by atoms with van der Waals surface area (Å²) in [4.78, 5) is 13.5. The van der Waals surface area contributed by atoms with Crippen molar-refractivity contribution in [3.05, 3.63) is 18.0 Å². The van der Waals surface area contributed by atoms with Crippen molar-refractivity contribution < 1.29 is 4.79 Å². The van der Waals surface area contributed by atoms with Crippen molar-refractivity contribution in [1.82, 2.24) is 14.7 Å². The van der Waals surface area contributed by atoms with Crippen LogP contribution in [0.3, 0.4) is 0 Å². The molecule has 4 heteroatoms. The van der Waals surface area contributed by atoms with Crippen LogP contribution in [0.4, 0.5) is 0 Å². The van der Waals surface area contributed by atoms with Crippen LogP contribution in [0.25, 0.3) is 0 Å². The van der Waals surface area contributed by atoms with Crippen molar-refractivity contribution in [1.29, 1.82) is 0 Å². The van der Waals surface area contributed by atoms with E-state index in [-0.39, 0.29) is 5.92 Å². The van der Waals surface area contributed by atoms with Crippen LogP contribution in [0.1, 0.15) is 83.2 Å². The predicted octanol–water partition coefficient (Wildman–Crippen LogP) is 4.67. The highest BCUT2D eigenvalue weighted by atomic mass is 16.1. The van der Waals surface area contributed by atoms with Crippen molar-refractivity contribution in [3.63, 3.8) is 0 Å². The Balaban J connectivity index is 1.38. The minimum atomic E-state index is 0.245. The highest BCUT2D eigenvalue weighted by Crippen LogP contribution is 2.34. The number of rotatable bonds is 7. The maximum Gasteiger partial charge on any atom is 0.122 e. The van der Waals surface area contributed by atoms with Crippen LogP contribution in [0.5, 0.6) is 0 Å². The molecule has 1 aliphatic carbocycles. The van der Waals surface area contributed by atoms with Crippen LogP contribution < -0.4 is 0 Å². The molecule has 0 amide bonds. The standard InChI is InChI=1S/C22H37N3O/c1-17(2)21-13-23-25(15-21)22-8-10-24(11-9-22)14-20-6-4-19(5-7-20)12-18(3)16-26/h13,15-20,22H,4-12,14H2,1-3H3. The maximum atomic E-state index is 10.9. The molecular weight excluding hydrogens is 322 g/mol. The molecule has 1 unspecified atom stereocenters. The fourth-order valence-corrected chi connectivity index (χ4v) is 4.81. The Morgan fingerprint density at radius 2 is 1.73 bits per heavy atom. The first kappa shape index (κ1) is 19.6. The largest absolute Gasteiger partial charge is 0.303 e. The van der Waals surface area contributed by atoms with Gasteiger partial charge in [0.2, 0.25) is 0 Å². The van der Waals surface area contributed by atoms with E-state index < -0.39 is 0 Å².